The fourth-order valence-electron chi connectivity index (χ4n) is 5.61. The zero-order valence-electron chi connectivity index (χ0n) is 25.9. The van der Waals surface area contributed by atoms with Crippen molar-refractivity contribution in [2.75, 3.05) is 26.2 Å². The number of likely N-dealkylation sites (tertiary alicyclic amines) is 1. The summed E-state index contributed by atoms with van der Waals surface area (Å²) in [6.45, 7) is 10.6. The molecule has 11 heteroatoms. The predicted octanol–water partition coefficient (Wildman–Crippen LogP) is 3.17. The number of carbonyl (C=O) groups is 3. The molecular formula is C32H47N5O5S. The summed E-state index contributed by atoms with van der Waals surface area (Å²) in [5.41, 5.74) is 4.23. The number of aliphatic hydroxyl groups is 1. The van der Waals surface area contributed by atoms with Gasteiger partial charge in [-0.3, -0.25) is 14.4 Å². The molecular weight excluding hydrogens is 566 g/mol. The van der Waals surface area contributed by atoms with Gasteiger partial charge in [-0.15, -0.1) is 11.3 Å². The number of aryl methyl sites for hydroxylation is 1. The summed E-state index contributed by atoms with van der Waals surface area (Å²) in [5.74, 6) is -0.871. The van der Waals surface area contributed by atoms with Crippen LogP contribution in [0.3, 0.4) is 0 Å². The molecule has 0 aliphatic carbocycles. The Morgan fingerprint density at radius 3 is 2.53 bits per heavy atom. The molecule has 0 radical (unpaired) electrons. The van der Waals surface area contributed by atoms with Crippen LogP contribution in [0, 0.1) is 12.3 Å². The largest absolute Gasteiger partial charge is 0.391 e. The second-order valence-electron chi connectivity index (χ2n) is 12.7. The second kappa shape index (κ2) is 15.2. The van der Waals surface area contributed by atoms with Crippen molar-refractivity contribution in [3.05, 3.63) is 41.0 Å². The summed E-state index contributed by atoms with van der Waals surface area (Å²) in [7, 11) is 0. The minimum atomic E-state index is -0.825. The average molecular weight is 614 g/mol. The lowest BCUT2D eigenvalue weighted by Gasteiger charge is -2.35. The number of β-amino-alcohol motifs (C(OH)–C–C–N with tert-alkyl or cyclic N) is 1. The molecule has 4 rings (SSSR count). The predicted molar refractivity (Wildman–Crippen MR) is 167 cm³/mol. The minimum absolute atomic E-state index is 0.0519. The highest BCUT2D eigenvalue weighted by molar-refractivity contribution is 7.13. The van der Waals surface area contributed by atoms with E-state index < -0.39 is 23.6 Å². The first kappa shape index (κ1) is 33.0. The average Bonchev–Trinajstić information content (AvgIpc) is 3.59. The Balaban J connectivity index is 1.29. The van der Waals surface area contributed by atoms with Gasteiger partial charge >= 0.3 is 0 Å². The van der Waals surface area contributed by atoms with Crippen molar-refractivity contribution in [1.29, 1.82) is 0 Å². The van der Waals surface area contributed by atoms with Gasteiger partial charge in [0.2, 0.25) is 17.7 Å². The second-order valence-corrected chi connectivity index (χ2v) is 13.6. The minimum Gasteiger partial charge on any atom is -0.391 e. The van der Waals surface area contributed by atoms with Crippen LogP contribution in [0.1, 0.15) is 70.6 Å². The van der Waals surface area contributed by atoms with Crippen molar-refractivity contribution < 1.29 is 24.2 Å². The van der Waals surface area contributed by atoms with Crippen LogP contribution in [-0.2, 0) is 25.7 Å². The summed E-state index contributed by atoms with van der Waals surface area (Å²) < 4.78 is 5.93. The number of hydrogen-bond donors (Lipinski definition) is 4. The van der Waals surface area contributed by atoms with E-state index in [0.717, 1.165) is 54.0 Å². The maximum absolute atomic E-state index is 13.8. The number of rotatable bonds is 12. The van der Waals surface area contributed by atoms with E-state index in [0.29, 0.717) is 26.0 Å². The zero-order chi connectivity index (χ0) is 31.0. The summed E-state index contributed by atoms with van der Waals surface area (Å²) >= 11 is 1.59. The van der Waals surface area contributed by atoms with Gasteiger partial charge in [0.05, 0.1) is 28.3 Å². The van der Waals surface area contributed by atoms with Gasteiger partial charge in [0.25, 0.3) is 0 Å². The lowest BCUT2D eigenvalue weighted by molar-refractivity contribution is -0.144. The van der Waals surface area contributed by atoms with E-state index in [2.05, 4.69) is 20.9 Å². The van der Waals surface area contributed by atoms with E-state index in [4.69, 9.17) is 4.74 Å². The number of amides is 3. The molecule has 0 bridgehead atoms. The van der Waals surface area contributed by atoms with E-state index >= 15 is 0 Å². The fourth-order valence-corrected chi connectivity index (χ4v) is 6.42. The van der Waals surface area contributed by atoms with Gasteiger partial charge in [-0.25, -0.2) is 4.98 Å². The number of ether oxygens (including phenoxy) is 1. The topological polar surface area (TPSA) is 133 Å². The maximum atomic E-state index is 13.8. The zero-order valence-corrected chi connectivity index (χ0v) is 26.7. The maximum Gasteiger partial charge on any atom is 0.246 e. The van der Waals surface area contributed by atoms with Crippen LogP contribution in [0.5, 0.6) is 0 Å². The Hall–Kier alpha value is -2.86. The molecule has 0 unspecified atom stereocenters. The number of carbonyl (C=O) groups excluding carboxylic acids is 3. The first-order chi connectivity index (χ1) is 20.5. The van der Waals surface area contributed by atoms with Gasteiger partial charge in [0.15, 0.2) is 0 Å². The number of nitrogens with one attached hydrogen (secondary N) is 3. The smallest absolute Gasteiger partial charge is 0.246 e. The molecule has 2 aliphatic rings. The molecule has 3 atom stereocenters. The van der Waals surface area contributed by atoms with Crippen molar-refractivity contribution in [2.24, 2.45) is 5.41 Å². The highest BCUT2D eigenvalue weighted by Crippen LogP contribution is 2.28. The monoisotopic (exact) mass is 613 g/mol. The number of thiazole rings is 1. The number of aromatic nitrogens is 1. The van der Waals surface area contributed by atoms with Crippen LogP contribution < -0.4 is 16.0 Å². The first-order valence-electron chi connectivity index (χ1n) is 15.4. The van der Waals surface area contributed by atoms with Crippen molar-refractivity contribution >= 4 is 29.1 Å². The SMILES string of the molecule is Cc1ncsc1-c1ccc(CNC(=O)[C@@H]2C[C@@H](O)CN2C(=O)[C@@H](NC(=O)CCCCOC2CCNCC2)C(C)(C)C)cc1. The molecule has 0 saturated carbocycles. The number of nitrogens with zero attached hydrogens (tertiary/aromatic N) is 2. The molecule has 4 N–H and O–H groups in total. The molecule has 3 heterocycles. The van der Waals surface area contributed by atoms with Gasteiger partial charge in [-0.1, -0.05) is 45.0 Å². The van der Waals surface area contributed by atoms with Crippen molar-refractivity contribution in [2.45, 2.75) is 97.1 Å². The summed E-state index contributed by atoms with van der Waals surface area (Å²) in [6, 6.07) is 6.31. The first-order valence-corrected chi connectivity index (χ1v) is 16.3. The van der Waals surface area contributed by atoms with Crippen LogP contribution >= 0.6 is 11.3 Å². The molecule has 2 fully saturated rings. The van der Waals surface area contributed by atoms with Crippen molar-refractivity contribution in [1.82, 2.24) is 25.8 Å². The number of unbranched alkanes of at least 4 members (excludes halogenated alkanes) is 1. The highest BCUT2D eigenvalue weighted by Gasteiger charge is 2.44. The number of aliphatic hydroxyl groups excluding tert-OH is 1. The summed E-state index contributed by atoms with van der Waals surface area (Å²) in [4.78, 5) is 46.8. The van der Waals surface area contributed by atoms with Crippen molar-refractivity contribution in [3.63, 3.8) is 0 Å². The van der Waals surface area contributed by atoms with Crippen LogP contribution in [0.4, 0.5) is 0 Å². The van der Waals surface area contributed by atoms with Crippen molar-refractivity contribution in [3.8, 4) is 10.4 Å². The van der Waals surface area contributed by atoms with E-state index in [1.54, 1.807) is 11.3 Å². The standard InChI is InChI=1S/C32H47N5O5S/c1-21-28(43-20-35-21)23-10-8-22(9-11-23)18-34-30(40)26-17-24(38)19-37(26)31(41)29(32(2,3)4)36-27(39)7-5-6-16-42-25-12-14-33-15-13-25/h8-11,20,24-26,29,33,38H,5-7,12-19H2,1-4H3,(H,34,40)(H,36,39)/t24-,26+,29-/m1/s1. The highest BCUT2D eigenvalue weighted by atomic mass is 32.1. The lowest BCUT2D eigenvalue weighted by Crippen LogP contribution is -2.57. The molecule has 1 aromatic carbocycles. The molecule has 2 aliphatic heterocycles. The lowest BCUT2D eigenvalue weighted by atomic mass is 9.85. The van der Waals surface area contributed by atoms with Crippen LogP contribution in [0.2, 0.25) is 0 Å². The molecule has 3 amide bonds. The number of piperidine rings is 1. The Morgan fingerprint density at radius 2 is 1.88 bits per heavy atom. The van der Waals surface area contributed by atoms with Gasteiger partial charge in [-0.05, 0) is 62.2 Å². The van der Waals surface area contributed by atoms with E-state index in [1.165, 1.54) is 4.90 Å². The Kier molecular flexibility index (Phi) is 11.7. The number of benzene rings is 1. The van der Waals surface area contributed by atoms with Crippen LogP contribution in [0.25, 0.3) is 10.4 Å². The molecule has 0 spiro atoms. The molecule has 2 aromatic rings. The third-order valence-electron chi connectivity index (χ3n) is 8.15. The van der Waals surface area contributed by atoms with Crippen LogP contribution in [0.15, 0.2) is 29.8 Å². The third kappa shape index (κ3) is 9.31. The van der Waals surface area contributed by atoms with Gasteiger partial charge in [0, 0.05) is 32.5 Å². The molecule has 43 heavy (non-hydrogen) atoms. The van der Waals surface area contributed by atoms with E-state index in [-0.39, 0.29) is 36.8 Å². The fraction of sp³-hybridized carbons (Fsp3) is 0.625. The Bertz CT molecular complexity index is 1220. The molecule has 2 saturated heterocycles. The normalized spacial score (nSPS) is 20.2. The van der Waals surface area contributed by atoms with Crippen LogP contribution in [-0.4, -0.2) is 83.2 Å². The van der Waals surface area contributed by atoms with Gasteiger partial charge in [0.1, 0.15) is 12.1 Å². The Labute approximate surface area is 259 Å². The van der Waals surface area contributed by atoms with E-state index in [1.807, 2.05) is 57.5 Å². The summed E-state index contributed by atoms with van der Waals surface area (Å²) in [6.07, 6.45) is 3.41. The molecule has 10 nitrogen and oxygen atoms in total. The van der Waals surface area contributed by atoms with Gasteiger partial charge in [-0.2, -0.15) is 0 Å². The Morgan fingerprint density at radius 1 is 1.16 bits per heavy atom. The quantitative estimate of drug-likeness (QED) is 0.270. The summed E-state index contributed by atoms with van der Waals surface area (Å²) in [5, 5.41) is 19.6. The molecule has 236 valence electrons. The van der Waals surface area contributed by atoms with E-state index in [9.17, 15) is 19.5 Å². The van der Waals surface area contributed by atoms with Gasteiger partial charge < -0.3 is 30.7 Å². The number of hydrogen-bond acceptors (Lipinski definition) is 8. The third-order valence-corrected chi connectivity index (χ3v) is 9.13. The molecule has 1 aromatic heterocycles.